The first kappa shape index (κ1) is 7.10. The molecule has 0 radical (unpaired) electrons. The Morgan fingerprint density at radius 2 is 1.90 bits per heavy atom. The summed E-state index contributed by atoms with van der Waals surface area (Å²) in [5.74, 6) is 1.64. The second kappa shape index (κ2) is 3.23. The molecule has 0 aromatic carbocycles. The molecule has 1 aromatic rings. The Kier molecular flexibility index (Phi) is 2.30. The zero-order valence-corrected chi connectivity index (χ0v) is 6.04. The van der Waals surface area contributed by atoms with Crippen molar-refractivity contribution < 1.29 is 0 Å². The number of hydrogen-bond acceptors (Lipinski definition) is 2. The molecular formula is C7H5O2P. The summed E-state index contributed by atoms with van der Waals surface area (Å²) >= 11 is 0. The van der Waals surface area contributed by atoms with Crippen molar-refractivity contribution >= 4 is 8.19 Å². The summed E-state index contributed by atoms with van der Waals surface area (Å²) in [6.45, 7) is 0. The van der Waals surface area contributed by atoms with Crippen LogP contribution in [0.25, 0.3) is 0 Å². The molecule has 0 N–H and O–H groups in total. The minimum absolute atomic E-state index is 0.374. The fourth-order valence-electron chi connectivity index (χ4n) is 0.502. The van der Waals surface area contributed by atoms with Gasteiger partial charge in [-0.1, -0.05) is 18.2 Å². The van der Waals surface area contributed by atoms with Crippen LogP contribution >= 0.6 is 8.19 Å². The molecule has 0 aliphatic heterocycles. The van der Waals surface area contributed by atoms with Gasteiger partial charge in [-0.15, -0.1) is 0 Å². The van der Waals surface area contributed by atoms with E-state index in [4.69, 9.17) is 0 Å². The Balaban J connectivity index is 3.52. The largest absolute Gasteiger partial charge is 0.285 e. The van der Waals surface area contributed by atoms with Gasteiger partial charge in [0.15, 0.2) is 0 Å². The third kappa shape index (κ3) is 1.74. The van der Waals surface area contributed by atoms with Crippen LogP contribution in [0.5, 0.6) is 0 Å². The molecule has 0 atom stereocenters. The fraction of sp³-hybridized carbons (Fsp3) is 0. The molecular weight excluding hydrogens is 147 g/mol. The molecule has 0 unspecified atom stereocenters. The highest BCUT2D eigenvalue weighted by atomic mass is 31.0. The highest BCUT2D eigenvalue weighted by Gasteiger charge is 1.82. The minimum Gasteiger partial charge on any atom is -0.285 e. The Labute approximate surface area is 59.3 Å². The van der Waals surface area contributed by atoms with Crippen molar-refractivity contribution in [3.63, 3.8) is 0 Å². The second-order valence-electron chi connectivity index (χ2n) is 1.69. The topological polar surface area (TPSA) is 34.1 Å². The van der Waals surface area contributed by atoms with Gasteiger partial charge in [-0.05, 0) is 20.1 Å². The summed E-state index contributed by atoms with van der Waals surface area (Å²) in [7, 11) is 0.451. The van der Waals surface area contributed by atoms with Crippen LogP contribution in [0.4, 0.5) is 0 Å². The molecule has 0 bridgehead atoms. The molecule has 1 aromatic heterocycles. The van der Waals surface area contributed by atoms with E-state index >= 15 is 0 Å². The van der Waals surface area contributed by atoms with Crippen LogP contribution in [0, 0.1) is 0 Å². The van der Waals surface area contributed by atoms with E-state index in [0.717, 1.165) is 0 Å². The lowest BCUT2D eigenvalue weighted by atomic mass is 10.5. The van der Waals surface area contributed by atoms with E-state index in [-0.39, 0.29) is 5.16 Å². The quantitative estimate of drug-likeness (QED) is 0.519. The molecule has 0 fully saturated rings. The van der Waals surface area contributed by atoms with Crippen LogP contribution in [0.15, 0.2) is 39.7 Å². The van der Waals surface area contributed by atoms with Gasteiger partial charge in [-0.25, -0.2) is 0 Å². The Morgan fingerprint density at radius 3 is 2.70 bits per heavy atom. The van der Waals surface area contributed by atoms with E-state index in [2.05, 4.69) is 0 Å². The Bertz CT molecular complexity index is 301. The summed E-state index contributed by atoms with van der Waals surface area (Å²) in [4.78, 5) is 21.4. The molecule has 50 valence electrons. The predicted molar refractivity (Wildman–Crippen MR) is 41.5 cm³/mol. The lowest BCUT2D eigenvalue weighted by molar-refractivity contribution is 1.61. The van der Waals surface area contributed by atoms with Crippen molar-refractivity contribution in [2.45, 2.75) is 0 Å². The van der Waals surface area contributed by atoms with Gasteiger partial charge in [-0.3, -0.25) is 9.59 Å². The smallest absolute Gasteiger partial charge is 0.251 e. The Hall–Kier alpha value is -1.01. The normalized spacial score (nSPS) is 9.60. The average Bonchev–Trinajstić information content (AvgIpc) is 1.92. The molecule has 0 saturated carbocycles. The Morgan fingerprint density at radius 1 is 1.10 bits per heavy atom. The highest BCUT2D eigenvalue weighted by molar-refractivity contribution is 7.27. The van der Waals surface area contributed by atoms with Gasteiger partial charge in [0.05, 0.1) is 0 Å². The van der Waals surface area contributed by atoms with Gasteiger partial charge in [0.1, 0.15) is 0 Å². The maximum absolute atomic E-state index is 10.7. The van der Waals surface area contributed by atoms with Gasteiger partial charge < -0.3 is 0 Å². The van der Waals surface area contributed by atoms with Crippen LogP contribution in [-0.4, -0.2) is 0 Å². The van der Waals surface area contributed by atoms with Crippen molar-refractivity contribution in [2.24, 2.45) is 0 Å². The third-order valence-electron chi connectivity index (χ3n) is 0.958. The summed E-state index contributed by atoms with van der Waals surface area (Å²) in [6, 6.07) is 6.30. The van der Waals surface area contributed by atoms with Crippen molar-refractivity contribution in [3.8, 4) is 0 Å². The van der Waals surface area contributed by atoms with Gasteiger partial charge in [0, 0.05) is 0 Å². The van der Waals surface area contributed by atoms with E-state index in [1.807, 2.05) is 0 Å². The number of hydrogen-bond donors (Lipinski definition) is 0. The van der Waals surface area contributed by atoms with Crippen LogP contribution < -0.4 is 10.6 Å². The summed E-state index contributed by atoms with van der Waals surface area (Å²) in [5.41, 5.74) is -0.428. The maximum Gasteiger partial charge on any atom is 0.251 e. The molecule has 0 amide bonds. The van der Waals surface area contributed by atoms with Crippen molar-refractivity contribution in [3.05, 3.63) is 50.2 Å². The highest BCUT2D eigenvalue weighted by Crippen LogP contribution is 1.85. The summed E-state index contributed by atoms with van der Waals surface area (Å²) in [6.07, 6.45) is 0. The molecule has 0 saturated heterocycles. The van der Waals surface area contributed by atoms with Crippen LogP contribution in [0.3, 0.4) is 0 Å². The maximum atomic E-state index is 10.7. The van der Waals surface area contributed by atoms with E-state index in [0.29, 0.717) is 8.19 Å². The lowest BCUT2D eigenvalue weighted by Gasteiger charge is -1.69. The first-order valence-electron chi connectivity index (χ1n) is 2.76. The van der Waals surface area contributed by atoms with Crippen molar-refractivity contribution in [1.29, 1.82) is 0 Å². The second-order valence-corrected chi connectivity index (χ2v) is 2.65. The molecule has 0 spiro atoms. The van der Waals surface area contributed by atoms with Gasteiger partial charge in [0.2, 0.25) is 5.43 Å². The number of rotatable bonds is 0. The zero-order chi connectivity index (χ0) is 7.40. The molecule has 1 heterocycles. The molecule has 1 rings (SSSR count). The minimum atomic E-state index is -0.428. The van der Waals surface area contributed by atoms with E-state index in [1.54, 1.807) is 24.0 Å². The fourth-order valence-corrected chi connectivity index (χ4v) is 1.03. The predicted octanol–water partition coefficient (Wildman–Crippen LogP) is 0.987. The zero-order valence-electron chi connectivity index (χ0n) is 5.15. The molecule has 0 aliphatic rings. The van der Waals surface area contributed by atoms with E-state index in [1.165, 1.54) is 6.07 Å². The van der Waals surface area contributed by atoms with Crippen LogP contribution in [-0.2, 0) is 0 Å². The van der Waals surface area contributed by atoms with Crippen molar-refractivity contribution in [2.75, 3.05) is 0 Å². The lowest BCUT2D eigenvalue weighted by Crippen LogP contribution is -2.15. The SMILES string of the molecule is O=c1cccccpc1=O. The van der Waals surface area contributed by atoms with Gasteiger partial charge in [0.25, 0.3) is 5.16 Å². The molecule has 2 nitrogen and oxygen atoms in total. The standard InChI is InChI=1S/C7H5O2P/c8-6-4-2-1-3-5-10-7(6)9/h1-5H. The van der Waals surface area contributed by atoms with Gasteiger partial charge >= 0.3 is 0 Å². The first-order chi connectivity index (χ1) is 4.80. The molecule has 3 heteroatoms. The average molecular weight is 152 g/mol. The summed E-state index contributed by atoms with van der Waals surface area (Å²) in [5, 5.41) is -0.374. The first-order valence-corrected chi connectivity index (χ1v) is 3.73. The van der Waals surface area contributed by atoms with Gasteiger partial charge in [-0.2, -0.15) is 0 Å². The van der Waals surface area contributed by atoms with E-state index in [9.17, 15) is 9.59 Å². The van der Waals surface area contributed by atoms with Crippen molar-refractivity contribution in [1.82, 2.24) is 0 Å². The van der Waals surface area contributed by atoms with E-state index < -0.39 is 5.43 Å². The van der Waals surface area contributed by atoms with Crippen LogP contribution in [0.1, 0.15) is 0 Å². The molecule has 10 heavy (non-hydrogen) atoms. The molecule has 0 aliphatic carbocycles. The monoisotopic (exact) mass is 152 g/mol. The van der Waals surface area contributed by atoms with Crippen LogP contribution in [0.2, 0.25) is 0 Å². The summed E-state index contributed by atoms with van der Waals surface area (Å²) < 4.78 is 0. The third-order valence-corrected chi connectivity index (χ3v) is 1.73.